The van der Waals surface area contributed by atoms with E-state index in [1.807, 2.05) is 0 Å². The molecule has 16 heavy (non-hydrogen) atoms. The van der Waals surface area contributed by atoms with Crippen molar-refractivity contribution in [2.75, 3.05) is 19.7 Å². The minimum atomic E-state index is -0.354. The average Bonchev–Trinajstić information content (AvgIpc) is 2.57. The minimum Gasteiger partial charge on any atom is -0.396 e. The molecular weight excluding hydrogens is 434 g/mol. The predicted octanol–water partition coefficient (Wildman–Crippen LogP) is -0.0415. The van der Waals surface area contributed by atoms with Gasteiger partial charge in [0.15, 0.2) is 0 Å². The molecule has 1 aliphatic carbocycles. The number of aliphatic hydroxyl groups excluding tert-OH is 1. The van der Waals surface area contributed by atoms with Gasteiger partial charge in [-0.15, -0.1) is 41.5 Å². The first-order valence-corrected chi connectivity index (χ1v) is 10.2. The normalized spacial score (nSPS) is 43.3. The lowest BCUT2D eigenvalue weighted by molar-refractivity contribution is -0.121. The molecule has 0 radical (unpaired) electrons. The van der Waals surface area contributed by atoms with Gasteiger partial charge in [0.2, 0.25) is 0 Å². The number of hydrazine groups is 1. The summed E-state index contributed by atoms with van der Waals surface area (Å²) in [5.74, 6) is 0.0218. The number of aliphatic hydroxyl groups is 1. The first kappa shape index (κ1) is 13.2. The van der Waals surface area contributed by atoms with Crippen molar-refractivity contribution in [3.05, 3.63) is 0 Å². The first-order valence-electron chi connectivity index (χ1n) is 5.04. The Morgan fingerprint density at radius 3 is 2.62 bits per heavy atom. The van der Waals surface area contributed by atoms with Crippen molar-refractivity contribution in [3.63, 3.8) is 0 Å². The van der Waals surface area contributed by atoms with Crippen LogP contribution < -0.4 is 10.9 Å². The number of carbonyl (C=O) groups excluding carboxylic acids is 1. The SMILES string of the molecule is C=I[C@]12CNNC[C@@]1(I=C)[C@H](CO)C(=O)C2. The third-order valence-corrected chi connectivity index (χ3v) is 11.4. The second-order valence-corrected chi connectivity index (χ2v) is 9.70. The fourth-order valence-corrected chi connectivity index (χ4v) is 9.55. The zero-order chi connectivity index (χ0) is 11.8. The van der Waals surface area contributed by atoms with Crippen molar-refractivity contribution in [2.24, 2.45) is 5.92 Å². The van der Waals surface area contributed by atoms with Gasteiger partial charge >= 0.3 is 0 Å². The number of nitrogens with one attached hydrogen (secondary N) is 2. The molecule has 0 bridgehead atoms. The second-order valence-electron chi connectivity index (χ2n) is 4.18. The summed E-state index contributed by atoms with van der Waals surface area (Å²) in [5, 5.41) is 9.49. The van der Waals surface area contributed by atoms with E-state index in [0.29, 0.717) is 6.42 Å². The van der Waals surface area contributed by atoms with Gasteiger partial charge in [-0.2, -0.15) is 0 Å². The first-order chi connectivity index (χ1) is 7.65. The molecule has 0 spiro atoms. The smallest absolute Gasteiger partial charge is 0.141 e. The molecule has 6 heteroatoms. The standard InChI is InChI=1S/C10H16I2N2O2/c1-11-9-3-8(16)7(4-15)10(9,12-2)6-14-13-5-9/h7,13-15H,1-6H2/t7-,9-,10-/m1/s1. The maximum atomic E-state index is 12.1. The van der Waals surface area contributed by atoms with Crippen LogP contribution in [-0.2, 0) is 4.79 Å². The van der Waals surface area contributed by atoms with Crippen molar-refractivity contribution in [3.8, 4) is 0 Å². The highest BCUT2D eigenvalue weighted by Crippen LogP contribution is 2.56. The number of rotatable bonds is 3. The molecule has 3 N–H and O–H groups in total. The summed E-state index contributed by atoms with van der Waals surface area (Å²) in [5.41, 5.74) is 6.32. The number of Topliss-reactive ketones (excluding diaryl/α,β-unsaturated/α-hetero) is 1. The molecule has 0 aromatic rings. The zero-order valence-electron chi connectivity index (χ0n) is 8.93. The maximum absolute atomic E-state index is 12.1. The number of fused-ring (bicyclic) bond motifs is 1. The van der Waals surface area contributed by atoms with Gasteiger partial charge in [-0.05, 0) is 0 Å². The number of halogens is 2. The second kappa shape index (κ2) is 4.79. The van der Waals surface area contributed by atoms with E-state index in [0.717, 1.165) is 13.1 Å². The average molecular weight is 450 g/mol. The Kier molecular flexibility index (Phi) is 3.95. The van der Waals surface area contributed by atoms with E-state index >= 15 is 0 Å². The Morgan fingerprint density at radius 1 is 1.38 bits per heavy atom. The summed E-state index contributed by atoms with van der Waals surface area (Å²) in [6.45, 7) is 1.54. The van der Waals surface area contributed by atoms with Gasteiger partial charge < -0.3 is 5.11 Å². The van der Waals surface area contributed by atoms with Crippen LogP contribution in [0.5, 0.6) is 0 Å². The van der Waals surface area contributed by atoms with Crippen molar-refractivity contribution < 1.29 is 9.90 Å². The topological polar surface area (TPSA) is 61.4 Å². The van der Waals surface area contributed by atoms with Crippen LogP contribution in [0.15, 0.2) is 0 Å². The number of hydrogen-bond acceptors (Lipinski definition) is 4. The molecule has 0 unspecified atom stereocenters. The van der Waals surface area contributed by atoms with Crippen LogP contribution in [0.3, 0.4) is 0 Å². The largest absolute Gasteiger partial charge is 0.396 e. The fraction of sp³-hybridized carbons (Fsp3) is 0.700. The number of alkyl halides is 2. The lowest BCUT2D eigenvalue weighted by Crippen LogP contribution is -2.65. The van der Waals surface area contributed by atoms with Crippen molar-refractivity contribution in [1.29, 1.82) is 0 Å². The van der Waals surface area contributed by atoms with E-state index in [-0.39, 0.29) is 66.6 Å². The lowest BCUT2D eigenvalue weighted by Gasteiger charge is -2.46. The Labute approximate surface area is 115 Å². The zero-order valence-corrected chi connectivity index (χ0v) is 13.2. The van der Waals surface area contributed by atoms with E-state index in [4.69, 9.17) is 0 Å². The molecule has 1 saturated carbocycles. The summed E-state index contributed by atoms with van der Waals surface area (Å²) < 4.78 is 8.23. The Morgan fingerprint density at radius 2 is 2.06 bits per heavy atom. The van der Waals surface area contributed by atoms with Crippen LogP contribution in [0.2, 0.25) is 0 Å². The lowest BCUT2D eigenvalue weighted by atomic mass is 9.88. The highest BCUT2D eigenvalue weighted by molar-refractivity contribution is 14.2. The molecule has 0 aromatic carbocycles. The van der Waals surface area contributed by atoms with Crippen LogP contribution in [0.4, 0.5) is 0 Å². The third kappa shape index (κ3) is 1.60. The summed E-state index contributed by atoms with van der Waals surface area (Å²) in [6.07, 6.45) is 0.596. The third-order valence-electron chi connectivity index (χ3n) is 3.66. The van der Waals surface area contributed by atoms with Crippen LogP contribution in [-0.4, -0.2) is 46.5 Å². The van der Waals surface area contributed by atoms with Crippen LogP contribution in [0.25, 0.3) is 0 Å². The molecule has 4 nitrogen and oxygen atoms in total. The molecule has 0 aromatic heterocycles. The van der Waals surface area contributed by atoms with Crippen molar-refractivity contribution >= 4 is 56.3 Å². The van der Waals surface area contributed by atoms with Gasteiger partial charge in [-0.25, -0.2) is 0 Å². The number of carbonyl (C=O) groups is 1. The van der Waals surface area contributed by atoms with Crippen molar-refractivity contribution in [1.82, 2.24) is 10.9 Å². The fourth-order valence-electron chi connectivity index (χ4n) is 2.71. The molecule has 3 atom stereocenters. The molecule has 92 valence electrons. The molecule has 1 heterocycles. The molecule has 1 aliphatic heterocycles. The van der Waals surface area contributed by atoms with E-state index in [2.05, 4.69) is 19.9 Å². The molecule has 2 rings (SSSR count). The van der Waals surface area contributed by atoms with Gasteiger partial charge in [0.25, 0.3) is 0 Å². The van der Waals surface area contributed by atoms with E-state index < -0.39 is 0 Å². The number of ketones is 1. The monoisotopic (exact) mass is 450 g/mol. The maximum Gasteiger partial charge on any atom is 0.141 e. The molecule has 2 fully saturated rings. The Balaban J connectivity index is 2.52. The summed E-state index contributed by atoms with van der Waals surface area (Å²) in [7, 11) is 0. The Bertz CT molecular complexity index is 350. The van der Waals surface area contributed by atoms with Gasteiger partial charge in [-0.3, -0.25) is 15.6 Å². The van der Waals surface area contributed by atoms with Gasteiger partial charge in [-0.1, -0.05) is 9.03 Å². The molecule has 0 amide bonds. The van der Waals surface area contributed by atoms with E-state index in [9.17, 15) is 9.90 Å². The molecular formula is C10H16I2N2O2. The quantitative estimate of drug-likeness (QED) is 0.418. The molecule has 1 saturated heterocycles. The minimum absolute atomic E-state index is 0.0244. The summed E-state index contributed by atoms with van der Waals surface area (Å²) >= 11 is -0.645. The van der Waals surface area contributed by atoms with Crippen LogP contribution in [0, 0.1) is 5.92 Å². The Hall–Kier alpha value is 0.750. The van der Waals surface area contributed by atoms with Crippen LogP contribution >= 0.6 is 41.5 Å². The van der Waals surface area contributed by atoms with Gasteiger partial charge in [0.1, 0.15) is 5.78 Å². The molecule has 2 aliphatic rings. The van der Waals surface area contributed by atoms with Gasteiger partial charge in [0.05, 0.1) is 19.4 Å². The number of hydrogen-bond donors (Lipinski definition) is 3. The van der Waals surface area contributed by atoms with Crippen molar-refractivity contribution in [2.45, 2.75) is 13.3 Å². The summed E-state index contributed by atoms with van der Waals surface area (Å²) in [4.78, 5) is 12.1. The van der Waals surface area contributed by atoms with E-state index in [1.165, 1.54) is 0 Å². The summed E-state index contributed by atoms with van der Waals surface area (Å²) in [6, 6.07) is 0. The van der Waals surface area contributed by atoms with Crippen LogP contribution in [0.1, 0.15) is 6.42 Å². The predicted molar refractivity (Wildman–Crippen MR) is 83.9 cm³/mol. The van der Waals surface area contributed by atoms with E-state index in [1.54, 1.807) is 0 Å². The van der Waals surface area contributed by atoms with Gasteiger partial charge in [0, 0.05) is 19.5 Å². The highest BCUT2D eigenvalue weighted by Gasteiger charge is 2.63. The highest BCUT2D eigenvalue weighted by atomic mass is 127.